The smallest absolute Gasteiger partial charge is 0.328 e. The Hall–Kier alpha value is -1.82. The van der Waals surface area contributed by atoms with Crippen LogP contribution in [-0.2, 0) is 4.79 Å². The number of carboxylic acid groups (broad SMARTS) is 1. The quantitative estimate of drug-likeness (QED) is 0.879. The SMILES string of the molecule is CC1CCC(Oc2nc3sccn3c2C=CC(=O)O)CC1. The van der Waals surface area contributed by atoms with Gasteiger partial charge in [-0.3, -0.25) is 4.40 Å². The summed E-state index contributed by atoms with van der Waals surface area (Å²) >= 11 is 1.51. The summed E-state index contributed by atoms with van der Waals surface area (Å²) in [5.74, 6) is 0.332. The van der Waals surface area contributed by atoms with Gasteiger partial charge in [0.2, 0.25) is 5.88 Å². The summed E-state index contributed by atoms with van der Waals surface area (Å²) in [6.45, 7) is 2.27. The fourth-order valence-corrected chi connectivity index (χ4v) is 3.39. The zero-order valence-electron chi connectivity index (χ0n) is 11.9. The molecule has 1 N–H and O–H groups in total. The number of aromatic nitrogens is 2. The first-order valence-electron chi connectivity index (χ1n) is 7.16. The number of nitrogens with zero attached hydrogens (tertiary/aromatic N) is 2. The number of ether oxygens (including phenoxy) is 1. The Labute approximate surface area is 126 Å². The van der Waals surface area contributed by atoms with Crippen LogP contribution in [0.15, 0.2) is 17.7 Å². The molecule has 112 valence electrons. The molecule has 1 saturated carbocycles. The van der Waals surface area contributed by atoms with Crippen molar-refractivity contribution < 1.29 is 14.6 Å². The predicted octanol–water partition coefficient (Wildman–Crippen LogP) is 3.45. The maximum Gasteiger partial charge on any atom is 0.328 e. The van der Waals surface area contributed by atoms with Crippen LogP contribution in [0.25, 0.3) is 11.0 Å². The Morgan fingerprint density at radius 2 is 2.24 bits per heavy atom. The van der Waals surface area contributed by atoms with E-state index in [1.54, 1.807) is 6.08 Å². The number of carbonyl (C=O) groups is 1. The number of thiazole rings is 1. The molecule has 0 amide bonds. The van der Waals surface area contributed by atoms with Gasteiger partial charge >= 0.3 is 5.97 Å². The van der Waals surface area contributed by atoms with E-state index in [-0.39, 0.29) is 6.10 Å². The van der Waals surface area contributed by atoms with E-state index in [1.807, 2.05) is 16.0 Å². The van der Waals surface area contributed by atoms with Crippen molar-refractivity contribution in [2.45, 2.75) is 38.7 Å². The number of aliphatic carboxylic acids is 1. The topological polar surface area (TPSA) is 63.8 Å². The van der Waals surface area contributed by atoms with Crippen molar-refractivity contribution in [3.05, 3.63) is 23.3 Å². The summed E-state index contributed by atoms with van der Waals surface area (Å²) < 4.78 is 7.91. The molecule has 0 atom stereocenters. The van der Waals surface area contributed by atoms with E-state index >= 15 is 0 Å². The van der Waals surface area contributed by atoms with E-state index in [2.05, 4.69) is 11.9 Å². The Balaban J connectivity index is 1.85. The van der Waals surface area contributed by atoms with Crippen LogP contribution in [0.1, 0.15) is 38.3 Å². The third-order valence-corrected chi connectivity index (χ3v) is 4.65. The van der Waals surface area contributed by atoms with Gasteiger partial charge in [0.1, 0.15) is 11.8 Å². The summed E-state index contributed by atoms with van der Waals surface area (Å²) in [7, 11) is 0. The number of hydrogen-bond donors (Lipinski definition) is 1. The van der Waals surface area contributed by atoms with Crippen molar-refractivity contribution in [2.75, 3.05) is 0 Å². The first kappa shape index (κ1) is 14.1. The number of carboxylic acids is 1. The van der Waals surface area contributed by atoms with Crippen LogP contribution in [0.3, 0.4) is 0 Å². The maximum atomic E-state index is 10.8. The van der Waals surface area contributed by atoms with Crippen LogP contribution in [0, 0.1) is 5.92 Å². The summed E-state index contributed by atoms with van der Waals surface area (Å²) in [6, 6.07) is 0. The highest BCUT2D eigenvalue weighted by molar-refractivity contribution is 7.15. The summed E-state index contributed by atoms with van der Waals surface area (Å²) in [6.07, 6.45) is 9.16. The second kappa shape index (κ2) is 5.89. The molecule has 2 aromatic heterocycles. The molecule has 2 aromatic rings. The van der Waals surface area contributed by atoms with Crippen LogP contribution >= 0.6 is 11.3 Å². The van der Waals surface area contributed by atoms with Gasteiger partial charge in [-0.2, -0.15) is 4.98 Å². The molecule has 0 aromatic carbocycles. The number of hydrogen-bond acceptors (Lipinski definition) is 4. The van der Waals surface area contributed by atoms with E-state index in [0.29, 0.717) is 11.6 Å². The average molecular weight is 306 g/mol. The van der Waals surface area contributed by atoms with Gasteiger partial charge in [-0.1, -0.05) is 6.92 Å². The van der Waals surface area contributed by atoms with Crippen molar-refractivity contribution in [1.29, 1.82) is 0 Å². The molecule has 6 heteroatoms. The lowest BCUT2D eigenvalue weighted by atomic mass is 9.89. The lowest BCUT2D eigenvalue weighted by Gasteiger charge is -2.26. The molecule has 0 spiro atoms. The first-order chi connectivity index (χ1) is 10.1. The monoisotopic (exact) mass is 306 g/mol. The molecule has 0 saturated heterocycles. The molecule has 0 radical (unpaired) electrons. The fourth-order valence-electron chi connectivity index (χ4n) is 2.68. The van der Waals surface area contributed by atoms with Gasteiger partial charge in [0, 0.05) is 17.7 Å². The van der Waals surface area contributed by atoms with Crippen molar-refractivity contribution >= 4 is 28.3 Å². The lowest BCUT2D eigenvalue weighted by molar-refractivity contribution is -0.131. The minimum atomic E-state index is -0.974. The van der Waals surface area contributed by atoms with Crippen molar-refractivity contribution in [3.63, 3.8) is 0 Å². The van der Waals surface area contributed by atoms with Crippen molar-refractivity contribution in [3.8, 4) is 5.88 Å². The Morgan fingerprint density at radius 1 is 1.48 bits per heavy atom. The van der Waals surface area contributed by atoms with Crippen molar-refractivity contribution in [1.82, 2.24) is 9.38 Å². The third-order valence-electron chi connectivity index (χ3n) is 3.89. The van der Waals surface area contributed by atoms with E-state index in [9.17, 15) is 4.79 Å². The second-order valence-corrected chi connectivity index (χ2v) is 6.40. The van der Waals surface area contributed by atoms with E-state index in [0.717, 1.165) is 29.8 Å². The summed E-state index contributed by atoms with van der Waals surface area (Å²) in [4.78, 5) is 16.0. The van der Waals surface area contributed by atoms with Gasteiger partial charge in [-0.25, -0.2) is 4.79 Å². The van der Waals surface area contributed by atoms with Crippen LogP contribution in [-0.4, -0.2) is 26.6 Å². The van der Waals surface area contributed by atoms with Crippen LogP contribution in [0.2, 0.25) is 0 Å². The summed E-state index contributed by atoms with van der Waals surface area (Å²) in [5, 5.41) is 10.7. The summed E-state index contributed by atoms with van der Waals surface area (Å²) in [5.41, 5.74) is 0.701. The fraction of sp³-hybridized carbons (Fsp3) is 0.467. The van der Waals surface area contributed by atoms with Gasteiger partial charge < -0.3 is 9.84 Å². The Morgan fingerprint density at radius 3 is 2.95 bits per heavy atom. The molecular weight excluding hydrogens is 288 g/mol. The molecule has 0 bridgehead atoms. The van der Waals surface area contributed by atoms with Gasteiger partial charge in [-0.15, -0.1) is 11.3 Å². The number of imidazole rings is 1. The van der Waals surface area contributed by atoms with E-state index < -0.39 is 5.97 Å². The van der Waals surface area contributed by atoms with Crippen LogP contribution in [0.5, 0.6) is 5.88 Å². The highest BCUT2D eigenvalue weighted by Gasteiger charge is 2.22. The third kappa shape index (κ3) is 3.10. The molecule has 1 aliphatic carbocycles. The van der Waals surface area contributed by atoms with Crippen LogP contribution in [0.4, 0.5) is 0 Å². The largest absolute Gasteiger partial charge is 0.478 e. The molecular formula is C15H18N2O3S. The van der Waals surface area contributed by atoms with Crippen LogP contribution < -0.4 is 4.74 Å². The normalized spacial score (nSPS) is 22.9. The second-order valence-electron chi connectivity index (χ2n) is 5.53. The molecule has 1 aliphatic rings. The molecule has 0 aliphatic heterocycles. The molecule has 2 heterocycles. The minimum absolute atomic E-state index is 0.183. The van der Waals surface area contributed by atoms with Gasteiger partial charge in [-0.05, 0) is 37.7 Å². The zero-order chi connectivity index (χ0) is 14.8. The molecule has 3 rings (SSSR count). The highest BCUT2D eigenvalue weighted by Crippen LogP contribution is 2.30. The average Bonchev–Trinajstić information content (AvgIpc) is 3.00. The van der Waals surface area contributed by atoms with E-state index in [1.165, 1.54) is 24.2 Å². The molecule has 1 fully saturated rings. The molecule has 0 unspecified atom stereocenters. The van der Waals surface area contributed by atoms with Gasteiger partial charge in [0.15, 0.2) is 4.96 Å². The number of fused-ring (bicyclic) bond motifs is 1. The predicted molar refractivity (Wildman–Crippen MR) is 81.8 cm³/mol. The first-order valence-corrected chi connectivity index (χ1v) is 8.04. The van der Waals surface area contributed by atoms with E-state index in [4.69, 9.17) is 9.84 Å². The standard InChI is InChI=1S/C15H18N2O3S/c1-10-2-4-11(5-3-10)20-14-12(6-7-13(18)19)17-8-9-21-15(17)16-14/h6-11H,2-5H2,1H3,(H,18,19). The van der Waals surface area contributed by atoms with Gasteiger partial charge in [0.25, 0.3) is 0 Å². The highest BCUT2D eigenvalue weighted by atomic mass is 32.1. The zero-order valence-corrected chi connectivity index (χ0v) is 12.7. The molecule has 21 heavy (non-hydrogen) atoms. The molecule has 5 nitrogen and oxygen atoms in total. The maximum absolute atomic E-state index is 10.8. The van der Waals surface area contributed by atoms with Crippen molar-refractivity contribution in [2.24, 2.45) is 5.92 Å². The number of rotatable bonds is 4. The lowest BCUT2D eigenvalue weighted by Crippen LogP contribution is -2.23. The Bertz CT molecular complexity index is 666. The van der Waals surface area contributed by atoms with Gasteiger partial charge in [0.05, 0.1) is 0 Å². The minimum Gasteiger partial charge on any atom is -0.478 e. The Kier molecular flexibility index (Phi) is 3.96.